The number of aliphatic hydroxyl groups is 1. The van der Waals surface area contributed by atoms with Crippen LogP contribution in [-0.2, 0) is 6.42 Å². The van der Waals surface area contributed by atoms with Crippen LogP contribution in [0.25, 0.3) is 0 Å². The number of rotatable bonds is 3. The Balaban J connectivity index is 2.16. The Kier molecular flexibility index (Phi) is 4.35. The monoisotopic (exact) mass is 353 g/mol. The normalized spacial score (nSPS) is 12.4. The maximum absolute atomic E-state index is 10.3. The molecule has 94 valence electrons. The summed E-state index contributed by atoms with van der Waals surface area (Å²) in [5.74, 6) is 0. The standard InChI is InChI=1S/C15H16INO/c1-10-3-8-14(11(2)17-10)15(18)9-12-4-6-13(16)7-5-12/h3-8,15,18H,9H2,1-2H3. The molecule has 2 rings (SSSR count). The molecular weight excluding hydrogens is 337 g/mol. The average Bonchev–Trinajstić information content (AvgIpc) is 2.32. The summed E-state index contributed by atoms with van der Waals surface area (Å²) in [5.41, 5.74) is 3.95. The topological polar surface area (TPSA) is 33.1 Å². The molecule has 0 saturated heterocycles. The van der Waals surface area contributed by atoms with Gasteiger partial charge in [-0.15, -0.1) is 0 Å². The van der Waals surface area contributed by atoms with Gasteiger partial charge in [-0.2, -0.15) is 0 Å². The van der Waals surface area contributed by atoms with Gasteiger partial charge in [0.15, 0.2) is 0 Å². The van der Waals surface area contributed by atoms with Crippen molar-refractivity contribution in [2.45, 2.75) is 26.4 Å². The quantitative estimate of drug-likeness (QED) is 0.856. The van der Waals surface area contributed by atoms with Crippen molar-refractivity contribution in [2.75, 3.05) is 0 Å². The zero-order chi connectivity index (χ0) is 13.1. The van der Waals surface area contributed by atoms with Crippen LogP contribution in [0.15, 0.2) is 36.4 Å². The van der Waals surface area contributed by atoms with E-state index in [1.54, 1.807) is 0 Å². The first kappa shape index (κ1) is 13.5. The second-order valence-corrected chi connectivity index (χ2v) is 5.72. The molecule has 1 unspecified atom stereocenters. The summed E-state index contributed by atoms with van der Waals surface area (Å²) in [7, 11) is 0. The predicted octanol–water partition coefficient (Wildman–Crippen LogP) is 3.58. The lowest BCUT2D eigenvalue weighted by atomic mass is 10.0. The fourth-order valence-electron chi connectivity index (χ4n) is 2.00. The van der Waals surface area contributed by atoms with Crippen LogP contribution in [0.4, 0.5) is 0 Å². The highest BCUT2D eigenvalue weighted by Crippen LogP contribution is 2.21. The van der Waals surface area contributed by atoms with Gasteiger partial charge in [-0.25, -0.2) is 0 Å². The Hall–Kier alpha value is -0.940. The molecule has 2 aromatic rings. The van der Waals surface area contributed by atoms with Gasteiger partial charge in [0, 0.05) is 26.9 Å². The highest BCUT2D eigenvalue weighted by molar-refractivity contribution is 14.1. The number of pyridine rings is 1. The van der Waals surface area contributed by atoms with Crippen LogP contribution in [-0.4, -0.2) is 10.1 Å². The minimum Gasteiger partial charge on any atom is -0.388 e. The van der Waals surface area contributed by atoms with E-state index in [-0.39, 0.29) is 0 Å². The number of hydrogen-bond acceptors (Lipinski definition) is 2. The molecule has 1 aromatic carbocycles. The molecule has 1 heterocycles. The zero-order valence-electron chi connectivity index (χ0n) is 10.5. The molecule has 1 atom stereocenters. The van der Waals surface area contributed by atoms with Gasteiger partial charge >= 0.3 is 0 Å². The van der Waals surface area contributed by atoms with Gasteiger partial charge < -0.3 is 5.11 Å². The minimum atomic E-state index is -0.488. The zero-order valence-corrected chi connectivity index (χ0v) is 12.7. The molecule has 0 radical (unpaired) electrons. The molecule has 0 aliphatic carbocycles. The first-order valence-corrected chi connectivity index (χ1v) is 7.01. The fraction of sp³-hybridized carbons (Fsp3) is 0.267. The average molecular weight is 353 g/mol. The van der Waals surface area contributed by atoms with Crippen molar-refractivity contribution < 1.29 is 5.11 Å². The maximum atomic E-state index is 10.3. The lowest BCUT2D eigenvalue weighted by Gasteiger charge is -2.13. The van der Waals surface area contributed by atoms with Crippen molar-refractivity contribution in [1.82, 2.24) is 4.98 Å². The second-order valence-electron chi connectivity index (χ2n) is 4.47. The summed E-state index contributed by atoms with van der Waals surface area (Å²) in [4.78, 5) is 4.39. The second kappa shape index (κ2) is 5.80. The Bertz CT molecular complexity index is 537. The molecular formula is C15H16INO. The molecule has 1 N–H and O–H groups in total. The summed E-state index contributed by atoms with van der Waals surface area (Å²) >= 11 is 2.28. The summed E-state index contributed by atoms with van der Waals surface area (Å²) in [6, 6.07) is 12.1. The van der Waals surface area contributed by atoms with Crippen molar-refractivity contribution in [3.05, 3.63) is 62.5 Å². The van der Waals surface area contributed by atoms with E-state index in [2.05, 4.69) is 51.8 Å². The highest BCUT2D eigenvalue weighted by Gasteiger charge is 2.12. The number of aliphatic hydroxyl groups excluding tert-OH is 1. The lowest BCUT2D eigenvalue weighted by Crippen LogP contribution is -2.05. The molecule has 0 saturated carbocycles. The Morgan fingerprint density at radius 2 is 1.78 bits per heavy atom. The number of benzene rings is 1. The third-order valence-electron chi connectivity index (χ3n) is 2.97. The van der Waals surface area contributed by atoms with Gasteiger partial charge in [-0.3, -0.25) is 4.98 Å². The molecule has 0 fully saturated rings. The highest BCUT2D eigenvalue weighted by atomic mass is 127. The molecule has 0 aliphatic heterocycles. The molecule has 0 aliphatic rings. The van der Waals surface area contributed by atoms with E-state index in [0.717, 1.165) is 22.5 Å². The van der Waals surface area contributed by atoms with Gasteiger partial charge in [-0.05, 0) is 60.2 Å². The van der Waals surface area contributed by atoms with Crippen LogP contribution in [0, 0.1) is 17.4 Å². The van der Waals surface area contributed by atoms with Crippen molar-refractivity contribution in [2.24, 2.45) is 0 Å². The van der Waals surface area contributed by atoms with Gasteiger partial charge in [-0.1, -0.05) is 18.2 Å². The van der Waals surface area contributed by atoms with Crippen molar-refractivity contribution >= 4 is 22.6 Å². The van der Waals surface area contributed by atoms with Crippen LogP contribution in [0.2, 0.25) is 0 Å². The van der Waals surface area contributed by atoms with E-state index in [0.29, 0.717) is 6.42 Å². The van der Waals surface area contributed by atoms with Gasteiger partial charge in [0.05, 0.1) is 6.10 Å². The van der Waals surface area contributed by atoms with E-state index < -0.39 is 6.10 Å². The number of aromatic nitrogens is 1. The van der Waals surface area contributed by atoms with E-state index in [9.17, 15) is 5.11 Å². The summed E-state index contributed by atoms with van der Waals surface area (Å²) < 4.78 is 1.21. The molecule has 0 bridgehead atoms. The molecule has 0 spiro atoms. The smallest absolute Gasteiger partial charge is 0.0847 e. The minimum absolute atomic E-state index is 0.488. The van der Waals surface area contributed by atoms with Crippen molar-refractivity contribution in [3.8, 4) is 0 Å². The maximum Gasteiger partial charge on any atom is 0.0847 e. The van der Waals surface area contributed by atoms with Crippen LogP contribution < -0.4 is 0 Å². The number of halogens is 1. The van der Waals surface area contributed by atoms with Crippen molar-refractivity contribution in [1.29, 1.82) is 0 Å². The molecule has 3 heteroatoms. The van der Waals surface area contributed by atoms with E-state index in [1.165, 1.54) is 3.57 Å². The number of aryl methyl sites for hydroxylation is 2. The van der Waals surface area contributed by atoms with E-state index >= 15 is 0 Å². The lowest BCUT2D eigenvalue weighted by molar-refractivity contribution is 0.177. The predicted molar refractivity (Wildman–Crippen MR) is 81.5 cm³/mol. The Labute approximate surface area is 121 Å². The van der Waals surface area contributed by atoms with Gasteiger partial charge in [0.1, 0.15) is 0 Å². The van der Waals surface area contributed by atoms with Crippen LogP contribution in [0.3, 0.4) is 0 Å². The molecule has 1 aromatic heterocycles. The fourth-order valence-corrected chi connectivity index (χ4v) is 2.36. The summed E-state index contributed by atoms with van der Waals surface area (Å²) in [5, 5.41) is 10.3. The van der Waals surface area contributed by atoms with Crippen LogP contribution in [0.1, 0.15) is 28.6 Å². The van der Waals surface area contributed by atoms with E-state index in [1.807, 2.05) is 26.0 Å². The number of hydrogen-bond donors (Lipinski definition) is 1. The Morgan fingerprint density at radius 1 is 1.11 bits per heavy atom. The third kappa shape index (κ3) is 3.29. The Morgan fingerprint density at radius 3 is 2.39 bits per heavy atom. The van der Waals surface area contributed by atoms with Gasteiger partial charge in [0.25, 0.3) is 0 Å². The van der Waals surface area contributed by atoms with Crippen molar-refractivity contribution in [3.63, 3.8) is 0 Å². The van der Waals surface area contributed by atoms with E-state index in [4.69, 9.17) is 0 Å². The SMILES string of the molecule is Cc1ccc(C(O)Cc2ccc(I)cc2)c(C)n1. The first-order chi connectivity index (χ1) is 8.56. The summed E-state index contributed by atoms with van der Waals surface area (Å²) in [6.07, 6.45) is 0.140. The largest absolute Gasteiger partial charge is 0.388 e. The molecule has 18 heavy (non-hydrogen) atoms. The van der Waals surface area contributed by atoms with Crippen LogP contribution >= 0.6 is 22.6 Å². The molecule has 2 nitrogen and oxygen atoms in total. The molecule has 0 amide bonds. The third-order valence-corrected chi connectivity index (χ3v) is 3.69. The number of nitrogens with zero attached hydrogens (tertiary/aromatic N) is 1. The van der Waals surface area contributed by atoms with Crippen LogP contribution in [0.5, 0.6) is 0 Å². The summed E-state index contributed by atoms with van der Waals surface area (Å²) in [6.45, 7) is 3.90. The van der Waals surface area contributed by atoms with Gasteiger partial charge in [0.2, 0.25) is 0 Å². The first-order valence-electron chi connectivity index (χ1n) is 5.93.